The number of ether oxygens (including phenoxy) is 1. The Morgan fingerprint density at radius 2 is 2.16 bits per heavy atom. The summed E-state index contributed by atoms with van der Waals surface area (Å²) >= 11 is 0. The maximum absolute atomic E-state index is 11.6. The van der Waals surface area contributed by atoms with Crippen molar-refractivity contribution in [2.75, 3.05) is 7.11 Å². The minimum Gasteiger partial charge on any atom is -0.496 e. The Kier molecular flexibility index (Phi) is 8.19. The van der Waals surface area contributed by atoms with Crippen LogP contribution >= 0.6 is 12.4 Å². The highest BCUT2D eigenvalue weighted by molar-refractivity contribution is 5.85. The number of benzene rings is 1. The lowest BCUT2D eigenvalue weighted by atomic mass is 10.1. The van der Waals surface area contributed by atoms with Gasteiger partial charge in [-0.3, -0.25) is 4.79 Å². The van der Waals surface area contributed by atoms with Crippen LogP contribution in [0.25, 0.3) is 0 Å². The number of nitrogens with two attached hydrogens (primary N) is 1. The lowest BCUT2D eigenvalue weighted by Gasteiger charge is -2.11. The number of aryl methyl sites for hydroxylation is 1. The Hall–Kier alpha value is -1.26. The standard InChI is InChI=1S/C14H22N2O2.ClH/c1-10-4-6-12(13(8-10)18-3)9-16-14(17)7-5-11(2)15;/h4,6,8,11H,5,7,9,15H2,1-3H3,(H,16,17);1H. The zero-order chi connectivity index (χ0) is 13.5. The van der Waals surface area contributed by atoms with Crippen LogP contribution in [0.2, 0.25) is 0 Å². The fourth-order valence-electron chi connectivity index (χ4n) is 1.64. The van der Waals surface area contributed by atoms with Gasteiger partial charge in [-0.1, -0.05) is 12.1 Å². The summed E-state index contributed by atoms with van der Waals surface area (Å²) in [4.78, 5) is 11.6. The van der Waals surface area contributed by atoms with Gasteiger partial charge in [0.25, 0.3) is 0 Å². The van der Waals surface area contributed by atoms with Crippen LogP contribution in [0.1, 0.15) is 30.9 Å². The number of carbonyl (C=O) groups excluding carboxylic acids is 1. The van der Waals surface area contributed by atoms with Crippen molar-refractivity contribution in [3.8, 4) is 5.75 Å². The Morgan fingerprint density at radius 3 is 2.74 bits per heavy atom. The number of carbonyl (C=O) groups is 1. The first-order chi connectivity index (χ1) is 8.52. The van der Waals surface area contributed by atoms with Crippen LogP contribution in [0.3, 0.4) is 0 Å². The second-order valence-corrected chi connectivity index (χ2v) is 4.61. The monoisotopic (exact) mass is 286 g/mol. The molecule has 3 N–H and O–H groups in total. The van der Waals surface area contributed by atoms with Gasteiger partial charge in [0, 0.05) is 24.6 Å². The smallest absolute Gasteiger partial charge is 0.220 e. The van der Waals surface area contributed by atoms with Gasteiger partial charge in [-0.25, -0.2) is 0 Å². The van der Waals surface area contributed by atoms with E-state index < -0.39 is 0 Å². The predicted molar refractivity (Wildman–Crippen MR) is 79.7 cm³/mol. The van der Waals surface area contributed by atoms with Crippen molar-refractivity contribution in [3.05, 3.63) is 29.3 Å². The summed E-state index contributed by atoms with van der Waals surface area (Å²) in [5.41, 5.74) is 7.73. The van der Waals surface area contributed by atoms with Crippen molar-refractivity contribution in [2.24, 2.45) is 5.73 Å². The van der Waals surface area contributed by atoms with Crippen molar-refractivity contribution in [2.45, 2.75) is 39.3 Å². The molecule has 1 aromatic rings. The molecule has 1 unspecified atom stereocenters. The third kappa shape index (κ3) is 6.45. The van der Waals surface area contributed by atoms with Crippen molar-refractivity contribution in [1.29, 1.82) is 0 Å². The van der Waals surface area contributed by atoms with Crippen LogP contribution in [-0.2, 0) is 11.3 Å². The van der Waals surface area contributed by atoms with Gasteiger partial charge in [-0.15, -0.1) is 12.4 Å². The molecule has 1 rings (SSSR count). The van der Waals surface area contributed by atoms with E-state index >= 15 is 0 Å². The van der Waals surface area contributed by atoms with Gasteiger partial charge >= 0.3 is 0 Å². The maximum atomic E-state index is 11.6. The average Bonchev–Trinajstić information content (AvgIpc) is 2.34. The summed E-state index contributed by atoms with van der Waals surface area (Å²) in [5.74, 6) is 0.831. The highest BCUT2D eigenvalue weighted by atomic mass is 35.5. The molecule has 0 radical (unpaired) electrons. The van der Waals surface area contributed by atoms with Crippen molar-refractivity contribution < 1.29 is 9.53 Å². The summed E-state index contributed by atoms with van der Waals surface area (Å²) in [7, 11) is 1.64. The van der Waals surface area contributed by atoms with E-state index in [4.69, 9.17) is 10.5 Å². The van der Waals surface area contributed by atoms with Gasteiger partial charge in [0.2, 0.25) is 5.91 Å². The Balaban J connectivity index is 0.00000324. The zero-order valence-electron chi connectivity index (χ0n) is 11.7. The normalized spacial score (nSPS) is 11.4. The van der Waals surface area contributed by atoms with Gasteiger partial charge in [0.1, 0.15) is 5.75 Å². The quantitative estimate of drug-likeness (QED) is 0.842. The van der Waals surface area contributed by atoms with Crippen molar-refractivity contribution in [3.63, 3.8) is 0 Å². The number of halogens is 1. The first-order valence-electron chi connectivity index (χ1n) is 6.18. The maximum Gasteiger partial charge on any atom is 0.220 e. The van der Waals surface area contributed by atoms with Crippen LogP contribution < -0.4 is 15.8 Å². The molecular weight excluding hydrogens is 264 g/mol. The average molecular weight is 287 g/mol. The van der Waals surface area contributed by atoms with E-state index in [9.17, 15) is 4.79 Å². The van der Waals surface area contributed by atoms with Gasteiger partial charge < -0.3 is 15.8 Å². The molecule has 0 saturated carbocycles. The summed E-state index contributed by atoms with van der Waals surface area (Å²) < 4.78 is 5.29. The molecule has 0 saturated heterocycles. The minimum atomic E-state index is 0. The van der Waals surface area contributed by atoms with Crippen molar-refractivity contribution >= 4 is 18.3 Å². The molecule has 1 aromatic carbocycles. The number of hydrogen-bond donors (Lipinski definition) is 2. The molecule has 1 atom stereocenters. The number of rotatable bonds is 6. The third-order valence-electron chi connectivity index (χ3n) is 2.75. The van der Waals surface area contributed by atoms with Crippen LogP contribution in [0.5, 0.6) is 5.75 Å². The molecule has 1 amide bonds. The number of methoxy groups -OCH3 is 1. The summed E-state index contributed by atoms with van der Waals surface area (Å²) in [6.45, 7) is 4.39. The van der Waals surface area contributed by atoms with E-state index in [2.05, 4.69) is 5.32 Å². The molecule has 0 aliphatic heterocycles. The summed E-state index contributed by atoms with van der Waals surface area (Å²) in [6.07, 6.45) is 1.17. The Labute approximate surface area is 121 Å². The molecule has 0 bridgehead atoms. The third-order valence-corrected chi connectivity index (χ3v) is 2.75. The van der Waals surface area contributed by atoms with Crippen LogP contribution in [-0.4, -0.2) is 19.1 Å². The van der Waals surface area contributed by atoms with Gasteiger partial charge in [-0.05, 0) is 31.9 Å². The Bertz CT molecular complexity index is 408. The molecule has 4 nitrogen and oxygen atoms in total. The fourth-order valence-corrected chi connectivity index (χ4v) is 1.64. The van der Waals surface area contributed by atoms with Crippen LogP contribution in [0.4, 0.5) is 0 Å². The summed E-state index contributed by atoms with van der Waals surface area (Å²) in [5, 5.41) is 2.87. The number of amides is 1. The largest absolute Gasteiger partial charge is 0.496 e. The highest BCUT2D eigenvalue weighted by Crippen LogP contribution is 2.19. The second kappa shape index (κ2) is 8.77. The Morgan fingerprint density at radius 1 is 1.47 bits per heavy atom. The van der Waals surface area contributed by atoms with E-state index in [-0.39, 0.29) is 24.4 Å². The number of hydrogen-bond acceptors (Lipinski definition) is 3. The van der Waals surface area contributed by atoms with Gasteiger partial charge in [-0.2, -0.15) is 0 Å². The topological polar surface area (TPSA) is 64.3 Å². The molecular formula is C14H23ClN2O2. The first-order valence-corrected chi connectivity index (χ1v) is 6.18. The fraction of sp³-hybridized carbons (Fsp3) is 0.500. The zero-order valence-corrected chi connectivity index (χ0v) is 12.5. The van der Waals surface area contributed by atoms with E-state index in [0.717, 1.165) is 16.9 Å². The lowest BCUT2D eigenvalue weighted by molar-refractivity contribution is -0.121. The first kappa shape index (κ1) is 17.7. The lowest BCUT2D eigenvalue weighted by Crippen LogP contribution is -2.25. The highest BCUT2D eigenvalue weighted by Gasteiger charge is 2.06. The van der Waals surface area contributed by atoms with Crippen LogP contribution in [0, 0.1) is 6.92 Å². The molecule has 0 aliphatic carbocycles. The molecule has 0 spiro atoms. The van der Waals surface area contributed by atoms with Crippen molar-refractivity contribution in [1.82, 2.24) is 5.32 Å². The molecule has 0 heterocycles. The summed E-state index contributed by atoms with van der Waals surface area (Å²) in [6, 6.07) is 6.00. The molecule has 0 fully saturated rings. The number of nitrogens with one attached hydrogen (secondary N) is 1. The molecule has 5 heteroatoms. The molecule has 0 aliphatic rings. The van der Waals surface area contributed by atoms with Gasteiger partial charge in [0.05, 0.1) is 7.11 Å². The van der Waals surface area contributed by atoms with E-state index in [1.54, 1.807) is 7.11 Å². The van der Waals surface area contributed by atoms with Gasteiger partial charge in [0.15, 0.2) is 0 Å². The second-order valence-electron chi connectivity index (χ2n) is 4.61. The molecule has 108 valence electrons. The van der Waals surface area contributed by atoms with Crippen LogP contribution in [0.15, 0.2) is 18.2 Å². The molecule has 19 heavy (non-hydrogen) atoms. The SMILES string of the molecule is COc1cc(C)ccc1CNC(=O)CCC(C)N.Cl. The van der Waals surface area contributed by atoms with E-state index in [1.165, 1.54) is 0 Å². The minimum absolute atomic E-state index is 0. The predicted octanol–water partition coefficient (Wildman–Crippen LogP) is 2.17. The molecule has 0 aromatic heterocycles. The van der Waals surface area contributed by atoms with E-state index in [1.807, 2.05) is 32.0 Å². The van der Waals surface area contributed by atoms with E-state index in [0.29, 0.717) is 19.4 Å².